The van der Waals surface area contributed by atoms with Gasteiger partial charge in [-0.25, -0.2) is 9.97 Å². The van der Waals surface area contributed by atoms with E-state index in [1.165, 1.54) is 0 Å². The van der Waals surface area contributed by atoms with Gasteiger partial charge in [-0.2, -0.15) is 5.10 Å². The summed E-state index contributed by atoms with van der Waals surface area (Å²) in [4.78, 5) is 27.8. The van der Waals surface area contributed by atoms with Crippen LogP contribution in [0.5, 0.6) is 0 Å². The minimum Gasteiger partial charge on any atom is -0.360 e. The molecule has 2 aromatic carbocycles. The molecule has 7 nitrogen and oxygen atoms in total. The van der Waals surface area contributed by atoms with E-state index >= 15 is 0 Å². The van der Waals surface area contributed by atoms with Gasteiger partial charge in [-0.15, -0.1) is 11.3 Å². The van der Waals surface area contributed by atoms with E-state index in [2.05, 4.69) is 11.2 Å². The summed E-state index contributed by atoms with van der Waals surface area (Å²) < 4.78 is 9.17. The van der Waals surface area contributed by atoms with E-state index in [9.17, 15) is 4.79 Å². The maximum atomic E-state index is 13.1. The van der Waals surface area contributed by atoms with Crippen LogP contribution in [0.4, 0.5) is 0 Å². The van der Waals surface area contributed by atoms with Gasteiger partial charge in [0.1, 0.15) is 16.6 Å². The molecule has 4 heterocycles. The molecule has 9 heteroatoms. The van der Waals surface area contributed by atoms with Gasteiger partial charge in [-0.05, 0) is 89.1 Å². The van der Waals surface area contributed by atoms with Gasteiger partial charge in [0.25, 0.3) is 0 Å². The summed E-state index contributed by atoms with van der Waals surface area (Å²) in [6, 6.07) is 15.9. The summed E-state index contributed by atoms with van der Waals surface area (Å²) in [7, 11) is 1.91. The van der Waals surface area contributed by atoms with E-state index in [4.69, 9.17) is 31.3 Å². The van der Waals surface area contributed by atoms with Crippen LogP contribution in [0, 0.1) is 13.8 Å². The number of benzene rings is 2. The number of thiazole rings is 1. The fourth-order valence-corrected chi connectivity index (χ4v) is 6.61. The van der Waals surface area contributed by atoms with Crippen LogP contribution in [0.15, 0.2) is 60.9 Å². The molecule has 0 saturated heterocycles. The van der Waals surface area contributed by atoms with Crippen molar-refractivity contribution in [1.82, 2.24) is 24.7 Å². The van der Waals surface area contributed by atoms with E-state index in [-0.39, 0.29) is 5.78 Å². The highest BCUT2D eigenvalue weighted by Crippen LogP contribution is 2.44. The molecule has 0 radical (unpaired) electrons. The lowest BCUT2D eigenvalue weighted by atomic mass is 9.90. The molecule has 0 spiro atoms. The number of Topliss-reactive ketones (excluding diaryl/α,β-unsaturated/α-hetero) is 1. The second kappa shape index (κ2) is 10.9. The second-order valence-corrected chi connectivity index (χ2v) is 13.2. The van der Waals surface area contributed by atoms with Crippen molar-refractivity contribution in [2.75, 3.05) is 0 Å². The molecule has 0 saturated carbocycles. The zero-order valence-electron chi connectivity index (χ0n) is 25.2. The molecule has 6 rings (SSSR count). The lowest BCUT2D eigenvalue weighted by Crippen LogP contribution is -2.27. The van der Waals surface area contributed by atoms with Gasteiger partial charge in [0.2, 0.25) is 0 Å². The maximum absolute atomic E-state index is 13.1. The molecule has 0 fully saturated rings. The Kier molecular flexibility index (Phi) is 7.40. The number of aromatic nitrogens is 5. The Balaban J connectivity index is 1.55. The Labute approximate surface area is 259 Å². The van der Waals surface area contributed by atoms with Crippen molar-refractivity contribution in [3.63, 3.8) is 0 Å². The molecule has 0 aliphatic heterocycles. The lowest BCUT2D eigenvalue weighted by molar-refractivity contribution is -0.138. The Morgan fingerprint density at radius 2 is 1.72 bits per heavy atom. The first kappa shape index (κ1) is 29.1. The van der Waals surface area contributed by atoms with E-state index < -0.39 is 11.7 Å². The molecule has 4 aromatic heterocycles. The number of ether oxygens (including phenoxy) is 1. The monoisotopic (exact) mass is 609 g/mol. The number of hydrogen-bond donors (Lipinski definition) is 0. The Hall–Kier alpha value is -3.98. The summed E-state index contributed by atoms with van der Waals surface area (Å²) >= 11 is 7.86. The third kappa shape index (κ3) is 5.58. The van der Waals surface area contributed by atoms with Crippen molar-refractivity contribution in [3.8, 4) is 33.0 Å². The van der Waals surface area contributed by atoms with Crippen LogP contribution in [0.25, 0.3) is 54.2 Å². The predicted octanol–water partition coefficient (Wildman–Crippen LogP) is 8.69. The van der Waals surface area contributed by atoms with Crippen molar-refractivity contribution in [1.29, 1.82) is 0 Å². The minimum absolute atomic E-state index is 0.0530. The molecule has 0 aliphatic rings. The average Bonchev–Trinajstić information content (AvgIpc) is 3.54. The topological polar surface area (TPSA) is 82.8 Å². The summed E-state index contributed by atoms with van der Waals surface area (Å²) in [6.07, 6.45) is 2.90. The van der Waals surface area contributed by atoms with Crippen LogP contribution in [0.1, 0.15) is 50.6 Å². The van der Waals surface area contributed by atoms with Gasteiger partial charge < -0.3 is 4.74 Å². The number of rotatable bonds is 6. The van der Waals surface area contributed by atoms with Gasteiger partial charge in [-0.3, -0.25) is 14.5 Å². The average molecular weight is 610 g/mol. The number of nitrogens with zero attached hydrogens (tertiary/aromatic N) is 5. The summed E-state index contributed by atoms with van der Waals surface area (Å²) in [6.45, 7) is 11.5. The van der Waals surface area contributed by atoms with Crippen LogP contribution in [0.3, 0.4) is 0 Å². The first-order valence-corrected chi connectivity index (χ1v) is 15.2. The maximum Gasteiger partial charge on any atom is 0.163 e. The Morgan fingerprint density at radius 3 is 2.42 bits per heavy atom. The highest BCUT2D eigenvalue weighted by atomic mass is 35.5. The van der Waals surface area contributed by atoms with Crippen LogP contribution in [-0.4, -0.2) is 36.1 Å². The van der Waals surface area contributed by atoms with Crippen LogP contribution >= 0.6 is 22.9 Å². The van der Waals surface area contributed by atoms with Crippen molar-refractivity contribution in [3.05, 3.63) is 82.8 Å². The molecule has 0 bridgehead atoms. The fraction of sp³-hybridized carbons (Fsp3) is 0.265. The molecule has 0 N–H and O–H groups in total. The van der Waals surface area contributed by atoms with Gasteiger partial charge in [-0.1, -0.05) is 23.7 Å². The summed E-state index contributed by atoms with van der Waals surface area (Å²) in [5.74, 6) is -0.0530. The molecular weight excluding hydrogens is 578 g/mol. The van der Waals surface area contributed by atoms with E-state index in [1.807, 2.05) is 95.0 Å². The van der Waals surface area contributed by atoms with Crippen molar-refractivity contribution < 1.29 is 9.53 Å². The summed E-state index contributed by atoms with van der Waals surface area (Å²) in [5, 5.41) is 5.80. The largest absolute Gasteiger partial charge is 0.360 e. The van der Waals surface area contributed by atoms with E-state index in [0.717, 1.165) is 71.0 Å². The quantitative estimate of drug-likeness (QED) is 0.188. The third-order valence-electron chi connectivity index (χ3n) is 7.38. The Morgan fingerprint density at radius 1 is 0.977 bits per heavy atom. The SMILES string of the molecule is CC(=O)[C@@H](OC(C)(C)C)c1c(C)cc2nc(-c3cnc(C)c(-c4ccc5c(cnn5C)n4)c3)sc2c1-c1ccc(Cl)cc1. The van der Waals surface area contributed by atoms with Crippen molar-refractivity contribution in [2.45, 2.75) is 53.2 Å². The molecular formula is C34H32ClN5O2S. The van der Waals surface area contributed by atoms with Crippen LogP contribution in [-0.2, 0) is 16.6 Å². The van der Waals surface area contributed by atoms with Crippen molar-refractivity contribution in [2.24, 2.45) is 7.05 Å². The third-order valence-corrected chi connectivity index (χ3v) is 8.77. The first-order chi connectivity index (χ1) is 20.4. The molecule has 218 valence electrons. The standard InChI is InChI=1S/C34H32ClN5O2S/c1-18-14-26-32(30(21-8-10-23(35)11-9-21)29(18)31(20(3)41)42-34(4,5)6)43-33(39-26)22-15-24(19(2)36-16-22)25-12-13-28-27(38-25)17-37-40(28)7/h8-17,31H,1-7H3/t31-/m1/s1. The smallest absolute Gasteiger partial charge is 0.163 e. The van der Waals surface area contributed by atoms with Gasteiger partial charge in [0.05, 0.1) is 33.2 Å². The van der Waals surface area contributed by atoms with Gasteiger partial charge >= 0.3 is 0 Å². The molecule has 43 heavy (non-hydrogen) atoms. The Bertz CT molecular complexity index is 2020. The fourth-order valence-electron chi connectivity index (χ4n) is 5.37. The number of hydrogen-bond acceptors (Lipinski definition) is 7. The first-order valence-electron chi connectivity index (χ1n) is 14.0. The van der Waals surface area contributed by atoms with Crippen LogP contribution < -0.4 is 0 Å². The minimum atomic E-state index is -0.735. The number of halogens is 1. The number of carbonyl (C=O) groups excluding carboxylic acids is 1. The molecule has 0 unspecified atom stereocenters. The molecule has 6 aromatic rings. The normalized spacial score (nSPS) is 12.7. The lowest BCUT2D eigenvalue weighted by Gasteiger charge is -2.29. The highest BCUT2D eigenvalue weighted by molar-refractivity contribution is 7.22. The number of aryl methyl sites for hydroxylation is 3. The van der Waals surface area contributed by atoms with Crippen molar-refractivity contribution >= 4 is 50.0 Å². The number of fused-ring (bicyclic) bond motifs is 2. The zero-order valence-corrected chi connectivity index (χ0v) is 26.8. The second-order valence-electron chi connectivity index (χ2n) is 11.8. The molecule has 1 atom stereocenters. The molecule has 0 amide bonds. The van der Waals surface area contributed by atoms with Crippen LogP contribution in [0.2, 0.25) is 5.02 Å². The highest BCUT2D eigenvalue weighted by Gasteiger charge is 2.30. The molecule has 0 aliphatic carbocycles. The number of ketones is 1. The predicted molar refractivity (Wildman–Crippen MR) is 175 cm³/mol. The van der Waals surface area contributed by atoms with E-state index in [1.54, 1.807) is 24.5 Å². The zero-order chi connectivity index (χ0) is 30.6. The number of carbonyl (C=O) groups is 1. The summed E-state index contributed by atoms with van der Waals surface area (Å²) in [5.41, 5.74) is 9.34. The van der Waals surface area contributed by atoms with Gasteiger partial charge in [0.15, 0.2) is 5.78 Å². The number of pyridine rings is 2. The van der Waals surface area contributed by atoms with Gasteiger partial charge in [0, 0.05) is 46.2 Å². The van der Waals surface area contributed by atoms with E-state index in [0.29, 0.717) is 5.02 Å².